The molecule has 0 saturated carbocycles. The predicted molar refractivity (Wildman–Crippen MR) is 90.6 cm³/mol. The molecule has 27 heavy (non-hydrogen) atoms. The third-order valence-corrected chi connectivity index (χ3v) is 3.55. The fraction of sp³-hybridized carbons (Fsp3) is 0.353. The van der Waals surface area contributed by atoms with Gasteiger partial charge in [0.25, 0.3) is 11.8 Å². The zero-order valence-corrected chi connectivity index (χ0v) is 14.4. The Morgan fingerprint density at radius 1 is 1.04 bits per heavy atom. The van der Waals surface area contributed by atoms with Crippen LogP contribution in [0, 0.1) is 0 Å². The van der Waals surface area contributed by atoms with E-state index in [2.05, 4.69) is 10.2 Å². The number of hydrogen-bond acceptors (Lipinski definition) is 7. The minimum Gasteiger partial charge on any atom is -0.370 e. The molecule has 144 valence electrons. The number of aryl methyl sites for hydroxylation is 1. The molecular formula is C17H19N3O7. The van der Waals surface area contributed by atoms with Crippen molar-refractivity contribution in [1.29, 1.82) is 0 Å². The average molecular weight is 377 g/mol. The maximum Gasteiger partial charge on any atom is 0.358 e. The Morgan fingerprint density at radius 2 is 1.67 bits per heavy atom. The number of rotatable bonds is 9. The van der Waals surface area contributed by atoms with Crippen molar-refractivity contribution in [3.8, 4) is 0 Å². The Bertz CT molecular complexity index is 729. The van der Waals surface area contributed by atoms with Crippen LogP contribution in [0.3, 0.4) is 0 Å². The van der Waals surface area contributed by atoms with Crippen molar-refractivity contribution >= 4 is 35.3 Å². The molecule has 0 atom stereocenters. The molecule has 3 N–H and O–H groups in total. The first-order valence-electron chi connectivity index (χ1n) is 8.16. The molecule has 0 radical (unpaired) electrons. The zero-order valence-electron chi connectivity index (χ0n) is 14.4. The molecule has 4 amide bonds. The van der Waals surface area contributed by atoms with Crippen molar-refractivity contribution in [3.63, 3.8) is 0 Å². The number of ether oxygens (including phenoxy) is 1. The van der Waals surface area contributed by atoms with E-state index >= 15 is 0 Å². The quantitative estimate of drug-likeness (QED) is 0.560. The molecular weight excluding hydrogens is 358 g/mol. The molecule has 2 rings (SSSR count). The molecule has 1 fully saturated rings. The molecule has 0 aromatic heterocycles. The van der Waals surface area contributed by atoms with E-state index in [1.807, 2.05) is 0 Å². The summed E-state index contributed by atoms with van der Waals surface area (Å²) in [5.74, 6) is -3.02. The van der Waals surface area contributed by atoms with Gasteiger partial charge in [-0.25, -0.2) is 4.79 Å². The first kappa shape index (κ1) is 20.0. The van der Waals surface area contributed by atoms with E-state index in [1.54, 1.807) is 24.3 Å². The van der Waals surface area contributed by atoms with Gasteiger partial charge in [0.15, 0.2) is 0 Å². The van der Waals surface area contributed by atoms with E-state index in [1.165, 1.54) is 0 Å². The minimum atomic E-state index is -0.954. The van der Waals surface area contributed by atoms with Gasteiger partial charge in [0, 0.05) is 24.9 Å². The van der Waals surface area contributed by atoms with E-state index in [4.69, 9.17) is 10.5 Å². The van der Waals surface area contributed by atoms with Crippen LogP contribution in [0.4, 0.5) is 5.69 Å². The molecule has 10 nitrogen and oxygen atoms in total. The molecule has 0 aliphatic carbocycles. The number of nitrogens with zero attached hydrogens (tertiary/aromatic N) is 1. The highest BCUT2D eigenvalue weighted by atomic mass is 16.7. The topological polar surface area (TPSA) is 145 Å². The van der Waals surface area contributed by atoms with Crippen molar-refractivity contribution < 1.29 is 33.5 Å². The number of carbonyl (C=O) groups is 5. The summed E-state index contributed by atoms with van der Waals surface area (Å²) in [5.41, 5.74) is 6.50. The maximum atomic E-state index is 11.8. The van der Waals surface area contributed by atoms with Crippen LogP contribution in [0.25, 0.3) is 0 Å². The Labute approximate surface area is 154 Å². The Balaban J connectivity index is 1.68. The summed E-state index contributed by atoms with van der Waals surface area (Å²) in [6.45, 7) is -1.00. The van der Waals surface area contributed by atoms with Gasteiger partial charge in [0.2, 0.25) is 11.8 Å². The number of hydroxylamine groups is 2. The third-order valence-electron chi connectivity index (χ3n) is 3.55. The molecule has 1 aliphatic heterocycles. The van der Waals surface area contributed by atoms with Gasteiger partial charge in [-0.05, 0) is 24.1 Å². The number of nitrogens with two attached hydrogens (primary N) is 1. The first-order chi connectivity index (χ1) is 12.8. The number of hydrogen-bond donors (Lipinski definition) is 2. The van der Waals surface area contributed by atoms with E-state index in [0.29, 0.717) is 17.2 Å². The SMILES string of the molecule is NC(=O)CCc1ccc(NC(=O)COCC(=O)ON2C(=O)CCC2=O)cc1. The lowest BCUT2D eigenvalue weighted by atomic mass is 10.1. The van der Waals surface area contributed by atoms with Crippen molar-refractivity contribution in [2.24, 2.45) is 5.73 Å². The molecule has 1 aliphatic rings. The summed E-state index contributed by atoms with van der Waals surface area (Å²) in [6, 6.07) is 6.82. The highest BCUT2D eigenvalue weighted by molar-refractivity contribution is 6.01. The van der Waals surface area contributed by atoms with Crippen LogP contribution < -0.4 is 11.1 Å². The molecule has 10 heteroatoms. The van der Waals surface area contributed by atoms with Crippen LogP contribution in [0.5, 0.6) is 0 Å². The third kappa shape index (κ3) is 6.51. The van der Waals surface area contributed by atoms with Gasteiger partial charge < -0.3 is 20.6 Å². The van der Waals surface area contributed by atoms with Crippen LogP contribution in [-0.4, -0.2) is 47.9 Å². The fourth-order valence-corrected chi connectivity index (χ4v) is 2.23. The summed E-state index contributed by atoms with van der Waals surface area (Å²) in [5, 5.41) is 2.98. The molecule has 0 bridgehead atoms. The highest BCUT2D eigenvalue weighted by Gasteiger charge is 2.32. The average Bonchev–Trinajstić information content (AvgIpc) is 2.93. The standard InChI is InChI=1S/C17H19N3O7/c18-13(21)6-3-11-1-4-12(5-2-11)19-14(22)9-26-10-17(25)27-20-15(23)7-8-16(20)24/h1-2,4-5H,3,6-10H2,(H2,18,21)(H,19,22). The lowest BCUT2D eigenvalue weighted by Gasteiger charge is -2.12. The molecule has 1 aromatic carbocycles. The predicted octanol–water partition coefficient (Wildman–Crippen LogP) is -0.333. The maximum absolute atomic E-state index is 11.8. The van der Waals surface area contributed by atoms with Crippen molar-refractivity contribution in [2.75, 3.05) is 18.5 Å². The van der Waals surface area contributed by atoms with Gasteiger partial charge >= 0.3 is 5.97 Å². The van der Waals surface area contributed by atoms with Crippen LogP contribution in [-0.2, 0) is 40.0 Å². The molecule has 1 aromatic rings. The molecule has 0 unspecified atom stereocenters. The second-order valence-electron chi connectivity index (χ2n) is 5.75. The summed E-state index contributed by atoms with van der Waals surface area (Å²) < 4.78 is 4.91. The number of amides is 4. The zero-order chi connectivity index (χ0) is 19.8. The smallest absolute Gasteiger partial charge is 0.358 e. The lowest BCUT2D eigenvalue weighted by molar-refractivity contribution is -0.200. The Morgan fingerprint density at radius 3 is 2.26 bits per heavy atom. The normalized spacial score (nSPS) is 13.6. The number of primary amides is 1. The van der Waals surface area contributed by atoms with Crippen LogP contribution >= 0.6 is 0 Å². The van der Waals surface area contributed by atoms with Gasteiger partial charge in [-0.3, -0.25) is 19.2 Å². The largest absolute Gasteiger partial charge is 0.370 e. The minimum absolute atomic E-state index is 0.00328. The molecule has 1 saturated heterocycles. The first-order valence-corrected chi connectivity index (χ1v) is 8.16. The fourth-order valence-electron chi connectivity index (χ4n) is 2.23. The number of imide groups is 1. The Kier molecular flexibility index (Phi) is 7.00. The van der Waals surface area contributed by atoms with Gasteiger partial charge in [-0.1, -0.05) is 12.1 Å². The van der Waals surface area contributed by atoms with Crippen molar-refractivity contribution in [1.82, 2.24) is 5.06 Å². The van der Waals surface area contributed by atoms with Gasteiger partial charge in [-0.15, -0.1) is 5.06 Å². The number of nitrogens with one attached hydrogen (secondary N) is 1. The van der Waals surface area contributed by atoms with Crippen molar-refractivity contribution in [3.05, 3.63) is 29.8 Å². The molecule has 0 spiro atoms. The summed E-state index contributed by atoms with van der Waals surface area (Å²) >= 11 is 0. The van der Waals surface area contributed by atoms with Crippen LogP contribution in [0.15, 0.2) is 24.3 Å². The van der Waals surface area contributed by atoms with Crippen LogP contribution in [0.2, 0.25) is 0 Å². The van der Waals surface area contributed by atoms with E-state index in [0.717, 1.165) is 5.56 Å². The second kappa shape index (κ2) is 9.43. The van der Waals surface area contributed by atoms with Crippen molar-refractivity contribution in [2.45, 2.75) is 25.7 Å². The van der Waals surface area contributed by atoms with E-state index in [-0.39, 0.29) is 25.2 Å². The Hall–Kier alpha value is -3.27. The lowest BCUT2D eigenvalue weighted by Crippen LogP contribution is -2.34. The number of carbonyl (C=O) groups excluding carboxylic acids is 5. The van der Waals surface area contributed by atoms with Gasteiger partial charge in [0.1, 0.15) is 13.2 Å². The van der Waals surface area contributed by atoms with Crippen LogP contribution in [0.1, 0.15) is 24.8 Å². The summed E-state index contributed by atoms with van der Waals surface area (Å²) in [7, 11) is 0. The number of anilines is 1. The molecule has 1 heterocycles. The summed E-state index contributed by atoms with van der Waals surface area (Å²) in [6.07, 6.45) is 0.745. The summed E-state index contributed by atoms with van der Waals surface area (Å²) in [4.78, 5) is 61.2. The van der Waals surface area contributed by atoms with Gasteiger partial charge in [0.05, 0.1) is 0 Å². The van der Waals surface area contributed by atoms with E-state index < -0.39 is 36.9 Å². The monoisotopic (exact) mass is 377 g/mol. The highest BCUT2D eigenvalue weighted by Crippen LogP contribution is 2.12. The second-order valence-corrected chi connectivity index (χ2v) is 5.75. The van der Waals surface area contributed by atoms with Gasteiger partial charge in [-0.2, -0.15) is 0 Å². The van der Waals surface area contributed by atoms with E-state index in [9.17, 15) is 24.0 Å². The number of benzene rings is 1.